The molecule has 136 valence electrons. The highest BCUT2D eigenvalue weighted by atomic mass is 16.6. The second kappa shape index (κ2) is 6.99. The topological polar surface area (TPSA) is 130 Å². The third kappa shape index (κ3) is 2.95. The summed E-state index contributed by atoms with van der Waals surface area (Å²) in [5, 5.41) is 24.7. The van der Waals surface area contributed by atoms with Crippen molar-refractivity contribution >= 4 is 28.5 Å². The zero-order chi connectivity index (χ0) is 18.8. The van der Waals surface area contributed by atoms with E-state index < -0.39 is 5.92 Å². The first-order valence-corrected chi connectivity index (χ1v) is 8.60. The summed E-state index contributed by atoms with van der Waals surface area (Å²) >= 11 is 0. The van der Waals surface area contributed by atoms with Crippen molar-refractivity contribution in [3.63, 3.8) is 0 Å². The molecule has 1 aliphatic heterocycles. The first kappa shape index (κ1) is 16.9. The number of aromatic nitrogens is 4. The van der Waals surface area contributed by atoms with Gasteiger partial charge in [-0.25, -0.2) is 9.62 Å². The largest absolute Gasteiger partial charge is 0.466 e. The molecule has 2 aromatic heterocycles. The van der Waals surface area contributed by atoms with E-state index in [1.165, 1.54) is 0 Å². The summed E-state index contributed by atoms with van der Waals surface area (Å²) in [6, 6.07) is 7.88. The van der Waals surface area contributed by atoms with Crippen molar-refractivity contribution in [3.8, 4) is 6.07 Å². The van der Waals surface area contributed by atoms with Gasteiger partial charge in [0, 0.05) is 17.2 Å². The lowest BCUT2D eigenvalue weighted by molar-refractivity contribution is -0.142. The average Bonchev–Trinajstić information content (AvgIpc) is 3.34. The Bertz CT molecular complexity index is 1060. The molecule has 0 amide bonds. The molecule has 1 aromatic carbocycles. The minimum Gasteiger partial charge on any atom is -0.466 e. The summed E-state index contributed by atoms with van der Waals surface area (Å²) in [7, 11) is 0. The molecule has 2 unspecified atom stereocenters. The summed E-state index contributed by atoms with van der Waals surface area (Å²) in [6.45, 7) is 2.08. The number of rotatable bonds is 5. The van der Waals surface area contributed by atoms with Gasteiger partial charge in [-0.2, -0.15) is 10.4 Å². The van der Waals surface area contributed by atoms with Gasteiger partial charge >= 0.3 is 5.97 Å². The smallest absolute Gasteiger partial charge is 0.306 e. The number of nitrogens with zero attached hydrogens (tertiary/aromatic N) is 5. The number of benzene rings is 1. The predicted octanol–water partition coefficient (Wildman–Crippen LogP) is 2.65. The molecule has 0 saturated heterocycles. The minimum atomic E-state index is -0.563. The van der Waals surface area contributed by atoms with Crippen molar-refractivity contribution in [2.45, 2.75) is 25.7 Å². The molecule has 3 heterocycles. The summed E-state index contributed by atoms with van der Waals surface area (Å²) < 4.78 is 9.86. The third-order valence-corrected chi connectivity index (χ3v) is 4.61. The van der Waals surface area contributed by atoms with E-state index in [2.05, 4.69) is 31.6 Å². The SMILES string of the molecule is CCOC(=O)CCC1=Nc2[nH]ncc2C(c2cccc3nonc23)C1C#N. The Kier molecular flexibility index (Phi) is 4.38. The zero-order valence-electron chi connectivity index (χ0n) is 14.5. The van der Waals surface area contributed by atoms with Crippen molar-refractivity contribution in [1.29, 1.82) is 5.26 Å². The van der Waals surface area contributed by atoms with Gasteiger partial charge in [0.1, 0.15) is 11.0 Å². The van der Waals surface area contributed by atoms with Crippen LogP contribution in [0, 0.1) is 17.2 Å². The van der Waals surface area contributed by atoms with Crippen LogP contribution in [-0.4, -0.2) is 38.8 Å². The van der Waals surface area contributed by atoms with Gasteiger partial charge in [0.25, 0.3) is 0 Å². The van der Waals surface area contributed by atoms with Crippen molar-refractivity contribution in [1.82, 2.24) is 20.5 Å². The minimum absolute atomic E-state index is 0.163. The third-order valence-electron chi connectivity index (χ3n) is 4.61. The van der Waals surface area contributed by atoms with Gasteiger partial charge in [-0.3, -0.25) is 9.89 Å². The van der Waals surface area contributed by atoms with Crippen molar-refractivity contribution in [2.75, 3.05) is 6.61 Å². The molecule has 0 radical (unpaired) electrons. The van der Waals surface area contributed by atoms with Gasteiger partial charge in [-0.15, -0.1) is 0 Å². The molecule has 4 rings (SSSR count). The Morgan fingerprint density at radius 1 is 1.37 bits per heavy atom. The molecule has 0 bridgehead atoms. The van der Waals surface area contributed by atoms with Crippen LogP contribution < -0.4 is 0 Å². The normalized spacial score (nSPS) is 18.6. The highest BCUT2D eigenvalue weighted by molar-refractivity contribution is 5.96. The number of aliphatic imine (C=N–C) groups is 1. The van der Waals surface area contributed by atoms with Crippen LogP contribution in [0.5, 0.6) is 0 Å². The van der Waals surface area contributed by atoms with E-state index in [0.717, 1.165) is 11.1 Å². The number of esters is 1. The quantitative estimate of drug-likeness (QED) is 0.689. The lowest BCUT2D eigenvalue weighted by atomic mass is 9.76. The van der Waals surface area contributed by atoms with Gasteiger partial charge in [-0.1, -0.05) is 12.1 Å². The fraction of sp³-hybridized carbons (Fsp3) is 0.333. The molecule has 1 N–H and O–H groups in total. The van der Waals surface area contributed by atoms with Crippen molar-refractivity contribution < 1.29 is 14.2 Å². The van der Waals surface area contributed by atoms with Gasteiger partial charge < -0.3 is 4.74 Å². The number of hydrogen-bond acceptors (Lipinski definition) is 8. The Morgan fingerprint density at radius 2 is 2.26 bits per heavy atom. The summed E-state index contributed by atoms with van der Waals surface area (Å²) in [5.41, 5.74) is 3.44. The number of nitrogens with one attached hydrogen (secondary N) is 1. The first-order valence-electron chi connectivity index (χ1n) is 8.60. The number of hydrogen-bond donors (Lipinski definition) is 1. The lowest BCUT2D eigenvalue weighted by Gasteiger charge is -2.27. The van der Waals surface area contributed by atoms with Crippen LogP contribution in [0.3, 0.4) is 0 Å². The van der Waals surface area contributed by atoms with Crippen LogP contribution in [0.1, 0.15) is 36.8 Å². The van der Waals surface area contributed by atoms with E-state index in [9.17, 15) is 10.1 Å². The standard InChI is InChI=1S/C18H16N6O3/c1-2-26-15(25)7-6-13-11(8-19)16(12-9-20-22-18(12)21-13)10-4-3-5-14-17(10)24-27-23-14/h3-5,9,11,16H,2,6-7H2,1H3,(H,20,22). The molecule has 0 saturated carbocycles. The van der Waals surface area contributed by atoms with Crippen molar-refractivity contribution in [3.05, 3.63) is 35.5 Å². The van der Waals surface area contributed by atoms with Gasteiger partial charge in [0.15, 0.2) is 5.82 Å². The second-order valence-electron chi connectivity index (χ2n) is 6.15. The predicted molar refractivity (Wildman–Crippen MR) is 94.3 cm³/mol. The molecule has 9 nitrogen and oxygen atoms in total. The van der Waals surface area contributed by atoms with E-state index in [0.29, 0.717) is 35.6 Å². The summed E-state index contributed by atoms with van der Waals surface area (Å²) in [5.74, 6) is -0.633. The Balaban J connectivity index is 1.76. The van der Waals surface area contributed by atoms with Gasteiger partial charge in [0.2, 0.25) is 0 Å². The Labute approximate surface area is 154 Å². The number of carbonyl (C=O) groups is 1. The molecular weight excluding hydrogens is 348 g/mol. The number of ether oxygens (including phenoxy) is 1. The maximum atomic E-state index is 11.8. The lowest BCUT2D eigenvalue weighted by Crippen LogP contribution is -2.26. The number of carbonyl (C=O) groups excluding carboxylic acids is 1. The molecule has 2 atom stereocenters. The molecule has 9 heteroatoms. The molecule has 3 aromatic rings. The Morgan fingerprint density at radius 3 is 3.07 bits per heavy atom. The van der Waals surface area contributed by atoms with Crippen molar-refractivity contribution in [2.24, 2.45) is 10.9 Å². The van der Waals surface area contributed by atoms with E-state index in [4.69, 9.17) is 9.37 Å². The monoisotopic (exact) mass is 364 g/mol. The second-order valence-corrected chi connectivity index (χ2v) is 6.15. The number of aromatic amines is 1. The highest BCUT2D eigenvalue weighted by Crippen LogP contribution is 2.43. The van der Waals surface area contributed by atoms with Crippen LogP contribution in [0.2, 0.25) is 0 Å². The van der Waals surface area contributed by atoms with E-state index in [-0.39, 0.29) is 18.3 Å². The molecule has 0 fully saturated rings. The van der Waals surface area contributed by atoms with Gasteiger partial charge in [0.05, 0.1) is 31.2 Å². The van der Waals surface area contributed by atoms with Crippen LogP contribution in [0.4, 0.5) is 5.82 Å². The molecule has 0 aliphatic carbocycles. The Hall–Kier alpha value is -3.54. The maximum absolute atomic E-state index is 11.8. The molecule has 1 aliphatic rings. The van der Waals surface area contributed by atoms with E-state index in [1.807, 2.05) is 12.1 Å². The molecule has 27 heavy (non-hydrogen) atoms. The fourth-order valence-corrected chi connectivity index (χ4v) is 3.44. The fourth-order valence-electron chi connectivity index (χ4n) is 3.44. The summed E-state index contributed by atoms with van der Waals surface area (Å²) in [4.78, 5) is 16.3. The van der Waals surface area contributed by atoms with Gasteiger partial charge in [-0.05, 0) is 35.3 Å². The average molecular weight is 364 g/mol. The number of fused-ring (bicyclic) bond motifs is 2. The van der Waals surface area contributed by atoms with Crippen LogP contribution in [0.25, 0.3) is 11.0 Å². The maximum Gasteiger partial charge on any atom is 0.306 e. The number of nitriles is 1. The van der Waals surface area contributed by atoms with Crippen LogP contribution in [0.15, 0.2) is 34.0 Å². The number of H-pyrrole nitrogens is 1. The summed E-state index contributed by atoms with van der Waals surface area (Å²) in [6.07, 6.45) is 2.16. The van der Waals surface area contributed by atoms with Crippen LogP contribution >= 0.6 is 0 Å². The van der Waals surface area contributed by atoms with E-state index in [1.54, 1.807) is 19.2 Å². The highest BCUT2D eigenvalue weighted by Gasteiger charge is 2.37. The van der Waals surface area contributed by atoms with Crippen LogP contribution in [-0.2, 0) is 9.53 Å². The first-order chi connectivity index (χ1) is 13.2. The molecular formula is C18H16N6O3. The van der Waals surface area contributed by atoms with E-state index >= 15 is 0 Å². The molecule has 0 spiro atoms. The zero-order valence-corrected chi connectivity index (χ0v) is 14.5.